The molecule has 0 saturated carbocycles. The van der Waals surface area contributed by atoms with Crippen molar-refractivity contribution in [2.24, 2.45) is 0 Å². The van der Waals surface area contributed by atoms with E-state index in [0.717, 1.165) is 41.0 Å². The number of imide groups is 1. The number of ether oxygens (including phenoxy) is 1. The summed E-state index contributed by atoms with van der Waals surface area (Å²) in [6.45, 7) is 3.49. The Morgan fingerprint density at radius 3 is 2.51 bits per heavy atom. The molecular formula is C25H24ClN3O5S. The number of hydrogen-bond donors (Lipinski definition) is 1. The summed E-state index contributed by atoms with van der Waals surface area (Å²) >= 11 is 6.84. The fraction of sp³-hybridized carbons (Fsp3) is 0.280. The zero-order chi connectivity index (χ0) is 24.9. The Balaban J connectivity index is 1.40. The number of thioether (sulfide) groups is 1. The monoisotopic (exact) mass is 513 g/mol. The topological polar surface area (TPSA) is 96.0 Å². The van der Waals surface area contributed by atoms with Crippen LogP contribution in [-0.2, 0) is 14.3 Å². The number of nitrogens with one attached hydrogen (secondary N) is 1. The number of halogens is 1. The van der Waals surface area contributed by atoms with Gasteiger partial charge in [-0.3, -0.25) is 19.3 Å². The number of esters is 1. The maximum atomic E-state index is 12.8. The zero-order valence-electron chi connectivity index (χ0n) is 19.1. The molecule has 2 aliphatic rings. The fourth-order valence-electron chi connectivity index (χ4n) is 3.86. The van der Waals surface area contributed by atoms with Crippen molar-refractivity contribution in [3.8, 4) is 0 Å². The molecule has 35 heavy (non-hydrogen) atoms. The molecule has 4 rings (SSSR count). The lowest BCUT2D eigenvalue weighted by atomic mass is 10.2. The van der Waals surface area contributed by atoms with E-state index in [-0.39, 0.29) is 22.1 Å². The number of carbonyl (C=O) groups excluding carboxylic acids is 4. The first-order valence-corrected chi connectivity index (χ1v) is 12.4. The predicted octanol–water partition coefficient (Wildman–Crippen LogP) is 4.79. The van der Waals surface area contributed by atoms with Gasteiger partial charge in [0.25, 0.3) is 11.1 Å². The molecule has 3 amide bonds. The van der Waals surface area contributed by atoms with Gasteiger partial charge in [-0.1, -0.05) is 23.7 Å². The smallest absolute Gasteiger partial charge is 0.339 e. The van der Waals surface area contributed by atoms with E-state index < -0.39 is 29.6 Å². The minimum absolute atomic E-state index is 0.108. The summed E-state index contributed by atoms with van der Waals surface area (Å²) in [6.07, 6.45) is 4.03. The van der Waals surface area contributed by atoms with Gasteiger partial charge in [0.05, 0.1) is 22.1 Å². The van der Waals surface area contributed by atoms with Crippen LogP contribution in [0.25, 0.3) is 6.08 Å². The Hall–Kier alpha value is -3.30. The number of hydrogen-bond acceptors (Lipinski definition) is 7. The molecule has 10 heteroatoms. The van der Waals surface area contributed by atoms with E-state index in [1.54, 1.807) is 13.0 Å². The van der Waals surface area contributed by atoms with Crippen LogP contribution in [0.5, 0.6) is 0 Å². The molecule has 2 aromatic rings. The van der Waals surface area contributed by atoms with Gasteiger partial charge in [-0.05, 0) is 73.5 Å². The van der Waals surface area contributed by atoms with Crippen LogP contribution in [0.3, 0.4) is 0 Å². The molecule has 2 aromatic carbocycles. The summed E-state index contributed by atoms with van der Waals surface area (Å²) in [7, 11) is 0. The van der Waals surface area contributed by atoms with Crippen LogP contribution in [0.1, 0.15) is 35.7 Å². The fourth-order valence-corrected chi connectivity index (χ4v) is 4.89. The molecule has 0 bridgehead atoms. The van der Waals surface area contributed by atoms with Crippen molar-refractivity contribution in [3.63, 3.8) is 0 Å². The maximum absolute atomic E-state index is 12.8. The average molecular weight is 514 g/mol. The molecule has 0 aromatic heterocycles. The molecule has 0 spiro atoms. The van der Waals surface area contributed by atoms with Crippen LogP contribution in [-0.4, -0.2) is 54.2 Å². The average Bonchev–Trinajstić information content (AvgIpc) is 3.46. The molecule has 2 fully saturated rings. The minimum Gasteiger partial charge on any atom is -0.462 e. The quantitative estimate of drug-likeness (QED) is 0.420. The third-order valence-corrected chi connectivity index (χ3v) is 6.82. The summed E-state index contributed by atoms with van der Waals surface area (Å²) in [6, 6.07) is 12.2. The van der Waals surface area contributed by atoms with Gasteiger partial charge in [-0.25, -0.2) is 4.79 Å². The SMILES string of the molecule is CCOC(=O)c1cc(NC(=O)CN2C(=O)S/C(=C/c3ccc(N4CCCC4)cc3)C2=O)ccc1Cl. The summed E-state index contributed by atoms with van der Waals surface area (Å²) < 4.78 is 4.95. The number of anilines is 2. The van der Waals surface area contributed by atoms with Crippen LogP contribution in [0.2, 0.25) is 5.02 Å². The number of rotatable bonds is 7. The Bertz CT molecular complexity index is 1190. The van der Waals surface area contributed by atoms with Crippen molar-refractivity contribution in [1.29, 1.82) is 0 Å². The van der Waals surface area contributed by atoms with Gasteiger partial charge in [-0.2, -0.15) is 0 Å². The molecule has 2 heterocycles. The van der Waals surface area contributed by atoms with E-state index in [2.05, 4.69) is 10.2 Å². The van der Waals surface area contributed by atoms with E-state index in [0.29, 0.717) is 5.69 Å². The van der Waals surface area contributed by atoms with E-state index >= 15 is 0 Å². The largest absolute Gasteiger partial charge is 0.462 e. The number of benzene rings is 2. The molecule has 2 aliphatic heterocycles. The Morgan fingerprint density at radius 2 is 1.83 bits per heavy atom. The first kappa shape index (κ1) is 24.8. The zero-order valence-corrected chi connectivity index (χ0v) is 20.7. The standard InChI is InChI=1S/C25H24ClN3O5S/c1-2-34-24(32)19-14-17(7-10-20(19)26)27-22(30)15-29-23(31)21(35-25(29)33)13-16-5-8-18(9-6-16)28-11-3-4-12-28/h5-10,13-14H,2-4,11-12,15H2,1H3,(H,27,30)/b21-13+. The summed E-state index contributed by atoms with van der Waals surface area (Å²) in [5, 5.41) is 2.25. The molecule has 0 atom stereocenters. The molecule has 1 N–H and O–H groups in total. The molecule has 0 unspecified atom stereocenters. The van der Waals surface area contributed by atoms with Gasteiger partial charge >= 0.3 is 5.97 Å². The Kier molecular flexibility index (Phi) is 7.77. The normalized spacial score (nSPS) is 16.8. The van der Waals surface area contributed by atoms with Crippen molar-refractivity contribution in [1.82, 2.24) is 4.90 Å². The Morgan fingerprint density at radius 1 is 1.11 bits per heavy atom. The molecular weight excluding hydrogens is 490 g/mol. The van der Waals surface area contributed by atoms with Crippen LogP contribution in [0.4, 0.5) is 16.2 Å². The lowest BCUT2D eigenvalue weighted by molar-refractivity contribution is -0.127. The molecule has 0 aliphatic carbocycles. The first-order valence-electron chi connectivity index (χ1n) is 11.2. The molecule has 0 radical (unpaired) electrons. The van der Waals surface area contributed by atoms with Crippen molar-refractivity contribution in [2.45, 2.75) is 19.8 Å². The van der Waals surface area contributed by atoms with E-state index in [1.165, 1.54) is 31.0 Å². The highest BCUT2D eigenvalue weighted by Gasteiger charge is 2.36. The highest BCUT2D eigenvalue weighted by atomic mass is 35.5. The number of amides is 3. The predicted molar refractivity (Wildman–Crippen MR) is 137 cm³/mol. The van der Waals surface area contributed by atoms with E-state index in [4.69, 9.17) is 16.3 Å². The van der Waals surface area contributed by atoms with Crippen LogP contribution < -0.4 is 10.2 Å². The van der Waals surface area contributed by atoms with Crippen molar-refractivity contribution < 1.29 is 23.9 Å². The highest BCUT2D eigenvalue weighted by molar-refractivity contribution is 8.18. The van der Waals surface area contributed by atoms with Crippen molar-refractivity contribution >= 4 is 63.8 Å². The summed E-state index contributed by atoms with van der Waals surface area (Å²) in [4.78, 5) is 53.2. The van der Waals surface area contributed by atoms with Gasteiger partial charge in [0, 0.05) is 24.5 Å². The second kappa shape index (κ2) is 11.0. The van der Waals surface area contributed by atoms with Gasteiger partial charge < -0.3 is 15.0 Å². The van der Waals surface area contributed by atoms with E-state index in [9.17, 15) is 19.2 Å². The molecule has 2 saturated heterocycles. The summed E-state index contributed by atoms with van der Waals surface area (Å²) in [5.41, 5.74) is 2.34. The van der Waals surface area contributed by atoms with Crippen molar-refractivity contribution in [2.75, 3.05) is 36.5 Å². The van der Waals surface area contributed by atoms with Crippen LogP contribution in [0, 0.1) is 0 Å². The lowest BCUT2D eigenvalue weighted by Gasteiger charge is -2.17. The number of carbonyl (C=O) groups is 4. The number of nitrogens with zero attached hydrogens (tertiary/aromatic N) is 2. The lowest BCUT2D eigenvalue weighted by Crippen LogP contribution is -2.36. The van der Waals surface area contributed by atoms with Crippen molar-refractivity contribution in [3.05, 3.63) is 63.5 Å². The van der Waals surface area contributed by atoms with Crippen LogP contribution in [0.15, 0.2) is 47.4 Å². The van der Waals surface area contributed by atoms with Gasteiger partial charge in [0.2, 0.25) is 5.91 Å². The van der Waals surface area contributed by atoms with E-state index in [1.807, 2.05) is 24.3 Å². The van der Waals surface area contributed by atoms with Crippen LogP contribution >= 0.6 is 23.4 Å². The first-order chi connectivity index (χ1) is 16.9. The molecule has 8 nitrogen and oxygen atoms in total. The third-order valence-electron chi connectivity index (χ3n) is 5.58. The van der Waals surface area contributed by atoms with Gasteiger partial charge in [0.1, 0.15) is 6.54 Å². The summed E-state index contributed by atoms with van der Waals surface area (Å²) in [5.74, 6) is -1.72. The second-order valence-corrected chi connectivity index (χ2v) is 9.42. The highest BCUT2D eigenvalue weighted by Crippen LogP contribution is 2.32. The maximum Gasteiger partial charge on any atom is 0.339 e. The second-order valence-electron chi connectivity index (χ2n) is 8.02. The minimum atomic E-state index is -0.613. The van der Waals surface area contributed by atoms with Gasteiger partial charge in [-0.15, -0.1) is 0 Å². The molecule has 182 valence electrons. The Labute approximate surface area is 212 Å². The third kappa shape index (κ3) is 5.86. The van der Waals surface area contributed by atoms with Gasteiger partial charge in [0.15, 0.2) is 0 Å².